The van der Waals surface area contributed by atoms with E-state index in [1.54, 1.807) is 7.11 Å². The Morgan fingerprint density at radius 2 is 1.69 bits per heavy atom. The molecule has 0 spiro atoms. The van der Waals surface area contributed by atoms with Gasteiger partial charge >= 0.3 is 0 Å². The van der Waals surface area contributed by atoms with Gasteiger partial charge in [0.1, 0.15) is 0 Å². The second-order valence-electron chi connectivity index (χ2n) is 6.49. The Balaban J connectivity index is 2.63. The summed E-state index contributed by atoms with van der Waals surface area (Å²) in [4.78, 5) is 0. The SMILES string of the molecule is CNC(C(C)CCOC)C1C(C)(C)C1(C)C. The third-order valence-electron chi connectivity index (χ3n) is 5.22. The summed E-state index contributed by atoms with van der Waals surface area (Å²) in [6.45, 7) is 12.8. The first-order chi connectivity index (χ1) is 7.30. The zero-order chi connectivity index (χ0) is 12.6. The molecule has 2 heteroatoms. The van der Waals surface area contributed by atoms with E-state index in [0.717, 1.165) is 18.9 Å². The van der Waals surface area contributed by atoms with Crippen LogP contribution in [0.15, 0.2) is 0 Å². The second-order valence-corrected chi connectivity index (χ2v) is 6.49. The lowest BCUT2D eigenvalue weighted by atomic mass is 9.90. The van der Waals surface area contributed by atoms with Crippen LogP contribution in [-0.4, -0.2) is 26.8 Å². The highest BCUT2D eigenvalue weighted by atomic mass is 16.5. The van der Waals surface area contributed by atoms with E-state index in [9.17, 15) is 0 Å². The molecule has 0 heterocycles. The van der Waals surface area contributed by atoms with Crippen molar-refractivity contribution in [3.8, 4) is 0 Å². The zero-order valence-corrected chi connectivity index (χ0v) is 12.1. The fourth-order valence-corrected chi connectivity index (χ4v) is 3.41. The first kappa shape index (κ1) is 14.0. The van der Waals surface area contributed by atoms with Crippen molar-refractivity contribution < 1.29 is 4.74 Å². The highest BCUT2D eigenvalue weighted by molar-refractivity contribution is 5.16. The molecule has 1 rings (SSSR count). The zero-order valence-electron chi connectivity index (χ0n) is 12.1. The van der Waals surface area contributed by atoms with Gasteiger partial charge in [-0.2, -0.15) is 0 Å². The molecule has 1 fully saturated rings. The van der Waals surface area contributed by atoms with Gasteiger partial charge in [-0.3, -0.25) is 0 Å². The molecule has 1 N–H and O–H groups in total. The number of ether oxygens (including phenoxy) is 1. The maximum absolute atomic E-state index is 5.18. The van der Waals surface area contributed by atoms with Crippen molar-refractivity contribution in [3.63, 3.8) is 0 Å². The summed E-state index contributed by atoms with van der Waals surface area (Å²) < 4.78 is 5.18. The Morgan fingerprint density at radius 3 is 2.00 bits per heavy atom. The molecule has 0 aromatic heterocycles. The van der Waals surface area contributed by atoms with Gasteiger partial charge in [0.15, 0.2) is 0 Å². The van der Waals surface area contributed by atoms with E-state index in [1.807, 2.05) is 0 Å². The van der Waals surface area contributed by atoms with Crippen LogP contribution in [-0.2, 0) is 4.74 Å². The van der Waals surface area contributed by atoms with E-state index >= 15 is 0 Å². The van der Waals surface area contributed by atoms with Crippen LogP contribution in [0.25, 0.3) is 0 Å². The molecule has 16 heavy (non-hydrogen) atoms. The molecule has 2 atom stereocenters. The second kappa shape index (κ2) is 4.66. The van der Waals surface area contributed by atoms with Gasteiger partial charge in [0.05, 0.1) is 0 Å². The highest BCUT2D eigenvalue weighted by Crippen LogP contribution is 2.70. The van der Waals surface area contributed by atoms with Gasteiger partial charge in [-0.25, -0.2) is 0 Å². The molecule has 2 nitrogen and oxygen atoms in total. The van der Waals surface area contributed by atoms with Crippen molar-refractivity contribution in [2.24, 2.45) is 22.7 Å². The molecule has 1 aliphatic rings. The van der Waals surface area contributed by atoms with E-state index < -0.39 is 0 Å². The summed E-state index contributed by atoms with van der Waals surface area (Å²) in [5.41, 5.74) is 0.921. The Labute approximate surface area is 101 Å². The van der Waals surface area contributed by atoms with Crippen LogP contribution in [0.5, 0.6) is 0 Å². The monoisotopic (exact) mass is 227 g/mol. The molecule has 2 unspecified atom stereocenters. The predicted molar refractivity (Wildman–Crippen MR) is 69.6 cm³/mol. The van der Waals surface area contributed by atoms with Crippen molar-refractivity contribution in [1.82, 2.24) is 5.32 Å². The average molecular weight is 227 g/mol. The Hall–Kier alpha value is -0.0800. The molecule has 0 aliphatic heterocycles. The van der Waals surface area contributed by atoms with Gasteiger partial charge in [0.25, 0.3) is 0 Å². The van der Waals surface area contributed by atoms with Crippen LogP contribution in [0.1, 0.15) is 41.0 Å². The van der Waals surface area contributed by atoms with E-state index in [-0.39, 0.29) is 0 Å². The molecule has 0 amide bonds. The summed E-state index contributed by atoms with van der Waals surface area (Å²) >= 11 is 0. The molecule has 0 radical (unpaired) electrons. The Kier molecular flexibility index (Phi) is 4.07. The van der Waals surface area contributed by atoms with Crippen molar-refractivity contribution in [3.05, 3.63) is 0 Å². The fraction of sp³-hybridized carbons (Fsp3) is 1.00. The van der Waals surface area contributed by atoms with Gasteiger partial charge in [-0.1, -0.05) is 34.6 Å². The van der Waals surface area contributed by atoms with Crippen LogP contribution in [0, 0.1) is 22.7 Å². The lowest BCUT2D eigenvalue weighted by Crippen LogP contribution is -2.37. The number of rotatable bonds is 6. The first-order valence-electron chi connectivity index (χ1n) is 6.47. The summed E-state index contributed by atoms with van der Waals surface area (Å²) in [5, 5.41) is 3.53. The van der Waals surface area contributed by atoms with Crippen LogP contribution in [0.2, 0.25) is 0 Å². The Bertz CT molecular complexity index is 221. The standard InChI is InChI=1S/C14H29NO/c1-10(8-9-16-7)11(15-6)12-13(2,3)14(12,4)5/h10-12,15H,8-9H2,1-7H3. The summed E-state index contributed by atoms with van der Waals surface area (Å²) in [7, 11) is 3.88. The number of methoxy groups -OCH3 is 1. The molecular weight excluding hydrogens is 198 g/mol. The van der Waals surface area contributed by atoms with Gasteiger partial charge in [0.2, 0.25) is 0 Å². The van der Waals surface area contributed by atoms with E-state index in [1.165, 1.54) is 0 Å². The van der Waals surface area contributed by atoms with Crippen LogP contribution < -0.4 is 5.32 Å². The van der Waals surface area contributed by atoms with E-state index in [0.29, 0.717) is 22.8 Å². The van der Waals surface area contributed by atoms with Crippen LogP contribution in [0.3, 0.4) is 0 Å². The minimum absolute atomic E-state index is 0.460. The van der Waals surface area contributed by atoms with E-state index in [4.69, 9.17) is 4.74 Å². The number of hydrogen-bond acceptors (Lipinski definition) is 2. The van der Waals surface area contributed by atoms with Crippen molar-refractivity contribution in [1.29, 1.82) is 0 Å². The van der Waals surface area contributed by atoms with Gasteiger partial charge in [0, 0.05) is 19.8 Å². The molecule has 0 aromatic rings. The largest absolute Gasteiger partial charge is 0.385 e. The lowest BCUT2D eigenvalue weighted by Gasteiger charge is -2.25. The van der Waals surface area contributed by atoms with Gasteiger partial charge in [-0.05, 0) is 36.1 Å². The van der Waals surface area contributed by atoms with Crippen molar-refractivity contribution in [2.75, 3.05) is 20.8 Å². The number of hydrogen-bond donors (Lipinski definition) is 1. The minimum atomic E-state index is 0.460. The summed E-state index contributed by atoms with van der Waals surface area (Å²) in [5.74, 6) is 1.45. The molecule has 0 bridgehead atoms. The van der Waals surface area contributed by atoms with Crippen LogP contribution >= 0.6 is 0 Å². The summed E-state index contributed by atoms with van der Waals surface area (Å²) in [6.07, 6.45) is 1.14. The van der Waals surface area contributed by atoms with Crippen LogP contribution in [0.4, 0.5) is 0 Å². The number of nitrogens with one attached hydrogen (secondary N) is 1. The van der Waals surface area contributed by atoms with Gasteiger partial charge < -0.3 is 10.1 Å². The molecule has 96 valence electrons. The molecule has 1 saturated carbocycles. The van der Waals surface area contributed by atoms with Crippen molar-refractivity contribution in [2.45, 2.75) is 47.1 Å². The topological polar surface area (TPSA) is 21.3 Å². The molecule has 1 aliphatic carbocycles. The third-order valence-corrected chi connectivity index (χ3v) is 5.22. The Morgan fingerprint density at radius 1 is 1.19 bits per heavy atom. The first-order valence-corrected chi connectivity index (χ1v) is 6.47. The molecular formula is C14H29NO. The predicted octanol–water partition coefficient (Wildman–Crippen LogP) is 2.93. The molecule has 0 saturated heterocycles. The van der Waals surface area contributed by atoms with E-state index in [2.05, 4.69) is 47.0 Å². The van der Waals surface area contributed by atoms with Crippen molar-refractivity contribution >= 4 is 0 Å². The third kappa shape index (κ3) is 2.14. The maximum atomic E-state index is 5.18. The quantitative estimate of drug-likeness (QED) is 0.753. The summed E-state index contributed by atoms with van der Waals surface area (Å²) in [6, 6.07) is 0.611. The smallest absolute Gasteiger partial charge is 0.0465 e. The highest BCUT2D eigenvalue weighted by Gasteiger charge is 2.67. The molecule has 0 aromatic carbocycles. The average Bonchev–Trinajstić information content (AvgIpc) is 2.59. The van der Waals surface area contributed by atoms with Gasteiger partial charge in [-0.15, -0.1) is 0 Å². The normalized spacial score (nSPS) is 26.4. The lowest BCUT2D eigenvalue weighted by molar-refractivity contribution is 0.164. The maximum Gasteiger partial charge on any atom is 0.0465 e. The minimum Gasteiger partial charge on any atom is -0.385 e. The fourth-order valence-electron chi connectivity index (χ4n) is 3.41.